The first-order chi connectivity index (χ1) is 9.31. The molecule has 0 aromatic carbocycles. The summed E-state index contributed by atoms with van der Waals surface area (Å²) >= 11 is 5.24. The van der Waals surface area contributed by atoms with Crippen molar-refractivity contribution in [2.45, 2.75) is 27.7 Å². The van der Waals surface area contributed by atoms with Crippen molar-refractivity contribution in [3.63, 3.8) is 0 Å². The highest BCUT2D eigenvalue weighted by Crippen LogP contribution is 2.20. The Bertz CT molecular complexity index is 599. The SMILES string of the molecule is Cc1cc(C=C2NC(=S)N(CC(C)C)C2=O)c(C)n1C. The van der Waals surface area contributed by atoms with Crippen molar-refractivity contribution in [2.75, 3.05) is 6.54 Å². The Morgan fingerprint density at radius 1 is 1.40 bits per heavy atom. The zero-order chi connectivity index (χ0) is 15.0. The average Bonchev–Trinajstić information content (AvgIpc) is 2.75. The minimum absolute atomic E-state index is 0.0374. The number of aryl methyl sites for hydroxylation is 1. The molecule has 0 aliphatic carbocycles. The average molecular weight is 291 g/mol. The molecule has 0 spiro atoms. The molecule has 20 heavy (non-hydrogen) atoms. The molecular formula is C15H21N3OS. The van der Waals surface area contributed by atoms with Crippen molar-refractivity contribution in [3.05, 3.63) is 28.7 Å². The van der Waals surface area contributed by atoms with Crippen molar-refractivity contribution in [3.8, 4) is 0 Å². The Labute approximate surface area is 125 Å². The molecular weight excluding hydrogens is 270 g/mol. The van der Waals surface area contributed by atoms with Gasteiger partial charge < -0.3 is 9.88 Å². The normalized spacial score (nSPS) is 17.5. The van der Waals surface area contributed by atoms with E-state index >= 15 is 0 Å². The molecule has 0 radical (unpaired) electrons. The van der Waals surface area contributed by atoms with Gasteiger partial charge in [0.15, 0.2) is 5.11 Å². The summed E-state index contributed by atoms with van der Waals surface area (Å²) in [5, 5.41) is 3.52. The van der Waals surface area contributed by atoms with Crippen LogP contribution in [0, 0.1) is 19.8 Å². The van der Waals surface area contributed by atoms with Crippen LogP contribution in [0.3, 0.4) is 0 Å². The van der Waals surface area contributed by atoms with E-state index in [0.29, 0.717) is 23.3 Å². The largest absolute Gasteiger partial charge is 0.352 e. The van der Waals surface area contributed by atoms with E-state index in [0.717, 1.165) is 11.3 Å². The number of carbonyl (C=O) groups is 1. The van der Waals surface area contributed by atoms with Crippen molar-refractivity contribution < 1.29 is 4.79 Å². The van der Waals surface area contributed by atoms with Crippen LogP contribution in [0.1, 0.15) is 30.8 Å². The molecule has 2 rings (SSSR count). The number of amides is 1. The lowest BCUT2D eigenvalue weighted by atomic mass is 10.2. The van der Waals surface area contributed by atoms with Gasteiger partial charge in [0, 0.05) is 25.0 Å². The highest BCUT2D eigenvalue weighted by molar-refractivity contribution is 7.80. The molecule has 0 unspecified atom stereocenters. The summed E-state index contributed by atoms with van der Waals surface area (Å²) in [6.45, 7) is 8.89. The summed E-state index contributed by atoms with van der Waals surface area (Å²) < 4.78 is 2.11. The van der Waals surface area contributed by atoms with Crippen LogP contribution in [0.4, 0.5) is 0 Å². The molecule has 1 aromatic heterocycles. The maximum absolute atomic E-state index is 12.4. The second-order valence-corrected chi connectivity index (χ2v) is 6.07. The summed E-state index contributed by atoms with van der Waals surface area (Å²) in [5.41, 5.74) is 3.92. The van der Waals surface area contributed by atoms with Crippen LogP contribution in [-0.4, -0.2) is 27.0 Å². The lowest BCUT2D eigenvalue weighted by Crippen LogP contribution is -2.33. The highest BCUT2D eigenvalue weighted by atomic mass is 32.1. The molecule has 1 N–H and O–H groups in total. The first-order valence-electron chi connectivity index (χ1n) is 6.78. The summed E-state index contributed by atoms with van der Waals surface area (Å²) in [6, 6.07) is 2.07. The topological polar surface area (TPSA) is 37.3 Å². The van der Waals surface area contributed by atoms with Crippen molar-refractivity contribution in [1.82, 2.24) is 14.8 Å². The number of aromatic nitrogens is 1. The molecule has 4 nitrogen and oxygen atoms in total. The number of carbonyl (C=O) groups excluding carboxylic acids is 1. The molecule has 1 aliphatic heterocycles. The van der Waals surface area contributed by atoms with Crippen molar-refractivity contribution in [1.29, 1.82) is 0 Å². The van der Waals surface area contributed by atoms with E-state index in [2.05, 4.69) is 36.7 Å². The van der Waals surface area contributed by atoms with E-state index in [1.807, 2.05) is 20.0 Å². The third kappa shape index (κ3) is 2.63. The monoisotopic (exact) mass is 291 g/mol. The van der Waals surface area contributed by atoms with Crippen molar-refractivity contribution in [2.24, 2.45) is 13.0 Å². The Morgan fingerprint density at radius 3 is 2.55 bits per heavy atom. The zero-order valence-corrected chi connectivity index (χ0v) is 13.5. The lowest BCUT2D eigenvalue weighted by Gasteiger charge is -2.15. The summed E-state index contributed by atoms with van der Waals surface area (Å²) in [7, 11) is 2.02. The first-order valence-corrected chi connectivity index (χ1v) is 7.19. The standard InChI is InChI=1S/C15H21N3OS/c1-9(2)8-18-14(19)13(16-15(18)20)7-12-6-10(3)17(5)11(12)4/h6-7,9H,8H2,1-5H3,(H,16,20). The smallest absolute Gasteiger partial charge is 0.276 e. The molecule has 0 atom stereocenters. The number of thiocarbonyl (C=S) groups is 1. The maximum Gasteiger partial charge on any atom is 0.276 e. The summed E-state index contributed by atoms with van der Waals surface area (Å²) in [5.74, 6) is 0.350. The second-order valence-electron chi connectivity index (χ2n) is 5.68. The van der Waals surface area contributed by atoms with Gasteiger partial charge in [-0.25, -0.2) is 0 Å². The summed E-state index contributed by atoms with van der Waals surface area (Å²) in [6.07, 6.45) is 1.89. The predicted molar refractivity (Wildman–Crippen MR) is 85.1 cm³/mol. The van der Waals surface area contributed by atoms with Crippen molar-refractivity contribution >= 4 is 29.3 Å². The molecule has 1 aliphatic rings. The zero-order valence-electron chi connectivity index (χ0n) is 12.7. The van der Waals surface area contributed by atoms with Gasteiger partial charge in [-0.05, 0) is 49.7 Å². The van der Waals surface area contributed by atoms with Crippen LogP contribution >= 0.6 is 12.2 Å². The maximum atomic E-state index is 12.4. The third-order valence-electron chi connectivity index (χ3n) is 3.62. The number of nitrogens with zero attached hydrogens (tertiary/aromatic N) is 2. The van der Waals surface area contributed by atoms with Gasteiger partial charge in [-0.3, -0.25) is 9.69 Å². The fraction of sp³-hybridized carbons (Fsp3) is 0.467. The number of rotatable bonds is 3. The van der Waals surface area contributed by atoms with Gasteiger partial charge in [0.25, 0.3) is 5.91 Å². The first kappa shape index (κ1) is 14.8. The van der Waals surface area contributed by atoms with E-state index in [1.165, 1.54) is 5.69 Å². The predicted octanol–water partition coefficient (Wildman–Crippen LogP) is 2.36. The number of hydrogen-bond acceptors (Lipinski definition) is 2. The van der Waals surface area contributed by atoms with E-state index < -0.39 is 0 Å². The van der Waals surface area contributed by atoms with Crippen LogP contribution < -0.4 is 5.32 Å². The molecule has 1 amide bonds. The minimum atomic E-state index is -0.0374. The molecule has 0 saturated carbocycles. The van der Waals surface area contributed by atoms with Gasteiger partial charge in [0.05, 0.1) is 0 Å². The van der Waals surface area contributed by atoms with E-state index in [-0.39, 0.29) is 5.91 Å². The van der Waals surface area contributed by atoms with Gasteiger partial charge in [-0.15, -0.1) is 0 Å². The van der Waals surface area contributed by atoms with Gasteiger partial charge in [0.2, 0.25) is 0 Å². The van der Waals surface area contributed by atoms with Gasteiger partial charge in [-0.2, -0.15) is 0 Å². The molecule has 2 heterocycles. The molecule has 0 bridgehead atoms. The third-order valence-corrected chi connectivity index (χ3v) is 3.95. The van der Waals surface area contributed by atoms with Gasteiger partial charge in [-0.1, -0.05) is 13.8 Å². The summed E-state index contributed by atoms with van der Waals surface area (Å²) in [4.78, 5) is 14.0. The van der Waals surface area contributed by atoms with E-state index in [9.17, 15) is 4.79 Å². The minimum Gasteiger partial charge on any atom is -0.352 e. The van der Waals surface area contributed by atoms with Gasteiger partial charge in [0.1, 0.15) is 5.70 Å². The quantitative estimate of drug-likeness (QED) is 0.686. The van der Waals surface area contributed by atoms with E-state index in [1.54, 1.807) is 4.90 Å². The molecule has 1 aromatic rings. The Morgan fingerprint density at radius 2 is 2.05 bits per heavy atom. The van der Waals surface area contributed by atoms with Crippen LogP contribution in [0.25, 0.3) is 6.08 Å². The highest BCUT2D eigenvalue weighted by Gasteiger charge is 2.31. The number of hydrogen-bond donors (Lipinski definition) is 1. The van der Waals surface area contributed by atoms with Crippen LogP contribution in [-0.2, 0) is 11.8 Å². The van der Waals surface area contributed by atoms with Crippen LogP contribution in [0.5, 0.6) is 0 Å². The Hall–Kier alpha value is -1.62. The Kier molecular flexibility index (Phi) is 3.99. The second kappa shape index (κ2) is 5.40. The fourth-order valence-corrected chi connectivity index (χ4v) is 2.56. The molecule has 1 saturated heterocycles. The van der Waals surface area contributed by atoms with Crippen LogP contribution in [0.2, 0.25) is 0 Å². The molecule has 108 valence electrons. The molecule has 5 heteroatoms. The number of nitrogens with one attached hydrogen (secondary N) is 1. The molecule has 1 fully saturated rings. The Balaban J connectivity index is 2.30. The van der Waals surface area contributed by atoms with E-state index in [4.69, 9.17) is 12.2 Å². The van der Waals surface area contributed by atoms with Crippen LogP contribution in [0.15, 0.2) is 11.8 Å². The van der Waals surface area contributed by atoms with Gasteiger partial charge >= 0.3 is 0 Å². The lowest BCUT2D eigenvalue weighted by molar-refractivity contribution is -0.122. The fourth-order valence-electron chi connectivity index (χ4n) is 2.29.